The van der Waals surface area contributed by atoms with Crippen molar-refractivity contribution < 1.29 is 10.2 Å². The quantitative estimate of drug-likeness (QED) is 0.713. The van der Waals surface area contributed by atoms with Gasteiger partial charge in [0, 0.05) is 0 Å². The highest BCUT2D eigenvalue weighted by atomic mass is 16.3. The number of hydrogen-bond acceptors (Lipinski definition) is 2. The van der Waals surface area contributed by atoms with E-state index in [4.69, 9.17) is 0 Å². The molecule has 0 heterocycles. The van der Waals surface area contributed by atoms with Crippen LogP contribution in [0.4, 0.5) is 0 Å². The Morgan fingerprint density at radius 2 is 1.23 bits per heavy atom. The minimum absolute atomic E-state index is 0.265. The van der Waals surface area contributed by atoms with Gasteiger partial charge >= 0.3 is 0 Å². The van der Waals surface area contributed by atoms with Crippen LogP contribution >= 0.6 is 0 Å². The van der Waals surface area contributed by atoms with Gasteiger partial charge in [-0.2, -0.15) is 0 Å². The van der Waals surface area contributed by atoms with Gasteiger partial charge < -0.3 is 10.2 Å². The van der Waals surface area contributed by atoms with Gasteiger partial charge in [0.15, 0.2) is 0 Å². The normalized spacial score (nSPS) is 10.6. The molecule has 0 radical (unpaired) electrons. The van der Waals surface area contributed by atoms with Gasteiger partial charge in [0.25, 0.3) is 0 Å². The van der Waals surface area contributed by atoms with Crippen molar-refractivity contribution in [1.82, 2.24) is 0 Å². The van der Waals surface area contributed by atoms with Crippen molar-refractivity contribution >= 4 is 0 Å². The summed E-state index contributed by atoms with van der Waals surface area (Å²) in [7, 11) is 0. The van der Waals surface area contributed by atoms with E-state index in [0.29, 0.717) is 0 Å². The van der Waals surface area contributed by atoms with E-state index < -0.39 is 0 Å². The molecule has 3 aromatic carbocycles. The molecule has 110 valence electrons. The van der Waals surface area contributed by atoms with Crippen molar-refractivity contribution in [2.24, 2.45) is 0 Å². The Kier molecular flexibility index (Phi) is 3.84. The van der Waals surface area contributed by atoms with Crippen LogP contribution in [0.3, 0.4) is 0 Å². The van der Waals surface area contributed by atoms with Gasteiger partial charge in [0.2, 0.25) is 0 Å². The summed E-state index contributed by atoms with van der Waals surface area (Å²) in [5.41, 5.74) is 5.71. The first-order chi connectivity index (χ1) is 10.7. The van der Waals surface area contributed by atoms with E-state index in [9.17, 15) is 10.2 Å². The van der Waals surface area contributed by atoms with E-state index in [0.717, 1.165) is 23.1 Å². The molecule has 0 fully saturated rings. The third-order valence-electron chi connectivity index (χ3n) is 3.87. The molecule has 2 N–H and O–H groups in total. The van der Waals surface area contributed by atoms with Crippen LogP contribution in [0.5, 0.6) is 11.5 Å². The zero-order chi connectivity index (χ0) is 15.5. The fraction of sp³-hybridized carbons (Fsp3) is 0.100. The second-order valence-corrected chi connectivity index (χ2v) is 5.29. The lowest BCUT2D eigenvalue weighted by atomic mass is 9.89. The monoisotopic (exact) mass is 290 g/mol. The molecule has 0 spiro atoms. The third-order valence-corrected chi connectivity index (χ3v) is 3.87. The Hall–Kier alpha value is -2.74. The van der Waals surface area contributed by atoms with E-state index in [1.807, 2.05) is 24.3 Å². The number of aryl methyl sites for hydroxylation is 1. The number of benzene rings is 3. The van der Waals surface area contributed by atoms with Gasteiger partial charge in [-0.05, 0) is 58.5 Å². The van der Waals surface area contributed by atoms with E-state index in [1.165, 1.54) is 11.1 Å². The van der Waals surface area contributed by atoms with Crippen molar-refractivity contribution in [2.75, 3.05) is 0 Å². The van der Waals surface area contributed by atoms with Crippen LogP contribution in [0.2, 0.25) is 0 Å². The van der Waals surface area contributed by atoms with Crippen LogP contribution in [-0.2, 0) is 6.42 Å². The smallest absolute Gasteiger partial charge is 0.115 e. The van der Waals surface area contributed by atoms with Crippen LogP contribution in [0.1, 0.15) is 12.5 Å². The topological polar surface area (TPSA) is 40.5 Å². The van der Waals surface area contributed by atoms with Crippen molar-refractivity contribution in [3.63, 3.8) is 0 Å². The molecule has 3 aromatic rings. The Balaban J connectivity index is 2.22. The van der Waals surface area contributed by atoms with Gasteiger partial charge in [-0.1, -0.05) is 49.4 Å². The molecule has 2 nitrogen and oxygen atoms in total. The molecule has 2 heteroatoms. The predicted octanol–water partition coefficient (Wildman–Crippen LogP) is 4.99. The van der Waals surface area contributed by atoms with E-state index in [1.54, 1.807) is 24.3 Å². The fourth-order valence-electron chi connectivity index (χ4n) is 2.75. The number of phenolic OH excluding ortho intramolecular Hbond substituents is 2. The first kappa shape index (κ1) is 14.2. The van der Waals surface area contributed by atoms with Crippen molar-refractivity contribution in [2.45, 2.75) is 13.3 Å². The highest BCUT2D eigenvalue weighted by molar-refractivity contribution is 5.86. The van der Waals surface area contributed by atoms with Crippen molar-refractivity contribution in [3.05, 3.63) is 72.3 Å². The van der Waals surface area contributed by atoms with Gasteiger partial charge in [-0.3, -0.25) is 0 Å². The maximum atomic E-state index is 9.52. The fourth-order valence-corrected chi connectivity index (χ4v) is 2.75. The first-order valence-corrected chi connectivity index (χ1v) is 7.39. The number of phenols is 2. The lowest BCUT2D eigenvalue weighted by Crippen LogP contribution is -1.92. The summed E-state index contributed by atoms with van der Waals surface area (Å²) < 4.78 is 0. The molecule has 0 unspecified atom stereocenters. The number of aromatic hydroxyl groups is 2. The summed E-state index contributed by atoms with van der Waals surface area (Å²) in [6.45, 7) is 2.14. The van der Waals surface area contributed by atoms with E-state index in [2.05, 4.69) is 25.1 Å². The van der Waals surface area contributed by atoms with Crippen molar-refractivity contribution in [1.29, 1.82) is 0 Å². The van der Waals surface area contributed by atoms with Gasteiger partial charge in [0.1, 0.15) is 11.5 Å². The Labute approximate surface area is 130 Å². The summed E-state index contributed by atoms with van der Waals surface area (Å²) in [5.74, 6) is 0.533. The van der Waals surface area contributed by atoms with Crippen LogP contribution < -0.4 is 0 Å². The molecule has 0 aliphatic heterocycles. The lowest BCUT2D eigenvalue weighted by Gasteiger charge is -2.15. The van der Waals surface area contributed by atoms with Crippen LogP contribution in [0, 0.1) is 0 Å². The third kappa shape index (κ3) is 2.68. The molecule has 0 saturated carbocycles. The van der Waals surface area contributed by atoms with E-state index in [-0.39, 0.29) is 11.5 Å². The zero-order valence-corrected chi connectivity index (χ0v) is 12.5. The van der Waals surface area contributed by atoms with Crippen LogP contribution in [-0.4, -0.2) is 10.2 Å². The molecule has 0 aromatic heterocycles. The Morgan fingerprint density at radius 1 is 0.682 bits per heavy atom. The van der Waals surface area contributed by atoms with Gasteiger partial charge in [-0.25, -0.2) is 0 Å². The molecule has 0 aliphatic rings. The highest BCUT2D eigenvalue weighted by Gasteiger charge is 2.11. The SMILES string of the molecule is CCc1cccc(-c2ccc(O)cc2)c1-c1ccc(O)cc1. The molecule has 22 heavy (non-hydrogen) atoms. The maximum absolute atomic E-state index is 9.52. The number of rotatable bonds is 3. The Morgan fingerprint density at radius 3 is 1.77 bits per heavy atom. The highest BCUT2D eigenvalue weighted by Crippen LogP contribution is 2.36. The molecular formula is C20H18O2. The average molecular weight is 290 g/mol. The molecule has 3 rings (SSSR count). The Bertz CT molecular complexity index is 772. The average Bonchev–Trinajstić information content (AvgIpc) is 2.56. The zero-order valence-electron chi connectivity index (χ0n) is 12.5. The summed E-state index contributed by atoms with van der Waals surface area (Å²) >= 11 is 0. The predicted molar refractivity (Wildman–Crippen MR) is 90.0 cm³/mol. The molecule has 0 bridgehead atoms. The first-order valence-electron chi connectivity index (χ1n) is 7.39. The second kappa shape index (κ2) is 5.94. The standard InChI is InChI=1S/C20H18O2/c1-2-14-4-3-5-19(15-6-10-17(21)11-7-15)20(14)16-8-12-18(22)13-9-16/h3-13,21-22H,2H2,1H3. The maximum Gasteiger partial charge on any atom is 0.115 e. The van der Waals surface area contributed by atoms with E-state index >= 15 is 0 Å². The van der Waals surface area contributed by atoms with Crippen molar-refractivity contribution in [3.8, 4) is 33.8 Å². The molecule has 0 atom stereocenters. The molecule has 0 amide bonds. The molecular weight excluding hydrogens is 272 g/mol. The largest absolute Gasteiger partial charge is 0.508 e. The minimum Gasteiger partial charge on any atom is -0.508 e. The molecule has 0 aliphatic carbocycles. The summed E-state index contributed by atoms with van der Waals surface area (Å²) in [5, 5.41) is 19.0. The van der Waals surface area contributed by atoms with Crippen LogP contribution in [0.25, 0.3) is 22.3 Å². The minimum atomic E-state index is 0.265. The van der Waals surface area contributed by atoms with Gasteiger partial charge in [0.05, 0.1) is 0 Å². The second-order valence-electron chi connectivity index (χ2n) is 5.29. The summed E-state index contributed by atoms with van der Waals surface area (Å²) in [6.07, 6.45) is 0.933. The summed E-state index contributed by atoms with van der Waals surface area (Å²) in [4.78, 5) is 0. The summed E-state index contributed by atoms with van der Waals surface area (Å²) in [6, 6.07) is 20.8. The molecule has 0 saturated heterocycles. The van der Waals surface area contributed by atoms with Gasteiger partial charge in [-0.15, -0.1) is 0 Å². The lowest BCUT2D eigenvalue weighted by molar-refractivity contribution is 0.475. The number of hydrogen-bond donors (Lipinski definition) is 2. The van der Waals surface area contributed by atoms with Crippen LogP contribution in [0.15, 0.2) is 66.7 Å².